The van der Waals surface area contributed by atoms with Crippen LogP contribution in [0.25, 0.3) is 0 Å². The minimum Gasteiger partial charge on any atom is -0.294 e. The second kappa shape index (κ2) is 6.20. The number of carbonyl (C=O) groups excluding carboxylic acids is 1. The summed E-state index contributed by atoms with van der Waals surface area (Å²) in [6.45, 7) is 0. The van der Waals surface area contributed by atoms with Crippen molar-refractivity contribution in [1.29, 1.82) is 0 Å². The van der Waals surface area contributed by atoms with E-state index in [1.54, 1.807) is 24.3 Å². The highest BCUT2D eigenvalue weighted by Gasteiger charge is 2.31. The second-order valence-electron chi connectivity index (χ2n) is 4.42. The fourth-order valence-electron chi connectivity index (χ4n) is 1.84. The molecule has 110 valence electrons. The van der Waals surface area contributed by atoms with Crippen LogP contribution in [-0.4, -0.2) is 5.78 Å². The van der Waals surface area contributed by atoms with Gasteiger partial charge in [-0.3, -0.25) is 4.79 Å². The van der Waals surface area contributed by atoms with Crippen LogP contribution in [0.15, 0.2) is 46.9 Å². The van der Waals surface area contributed by atoms with Gasteiger partial charge in [0.25, 0.3) is 0 Å². The minimum absolute atomic E-state index is 0.00444. The van der Waals surface area contributed by atoms with E-state index < -0.39 is 17.5 Å². The molecule has 0 aliphatic heterocycles. The molecule has 0 aliphatic carbocycles. The summed E-state index contributed by atoms with van der Waals surface area (Å²) < 4.78 is 38.4. The Kier molecular flexibility index (Phi) is 4.74. The summed E-state index contributed by atoms with van der Waals surface area (Å²) in [6, 6.07) is 9.68. The molecule has 0 amide bonds. The first-order valence-corrected chi connectivity index (χ1v) is 7.09. The Bertz CT molecular complexity index is 683. The molecule has 6 heteroatoms. The highest BCUT2D eigenvalue weighted by molar-refractivity contribution is 9.10. The van der Waals surface area contributed by atoms with E-state index in [-0.39, 0.29) is 12.0 Å². The predicted molar refractivity (Wildman–Crippen MR) is 78.6 cm³/mol. The molecule has 2 aromatic rings. The maximum absolute atomic E-state index is 12.7. The molecule has 0 fully saturated rings. The van der Waals surface area contributed by atoms with Gasteiger partial charge in [0.15, 0.2) is 5.78 Å². The number of alkyl halides is 3. The third-order valence-electron chi connectivity index (χ3n) is 2.85. The molecule has 0 saturated heterocycles. The van der Waals surface area contributed by atoms with Crippen LogP contribution in [0.2, 0.25) is 5.02 Å². The minimum atomic E-state index is -4.48. The number of ketones is 1. The van der Waals surface area contributed by atoms with Gasteiger partial charge in [-0.25, -0.2) is 0 Å². The Morgan fingerprint density at radius 3 is 2.48 bits per heavy atom. The van der Waals surface area contributed by atoms with Crippen molar-refractivity contribution >= 4 is 33.3 Å². The van der Waals surface area contributed by atoms with Crippen molar-refractivity contribution in [2.45, 2.75) is 12.6 Å². The quantitative estimate of drug-likeness (QED) is 0.641. The lowest BCUT2D eigenvalue weighted by Crippen LogP contribution is -2.09. The van der Waals surface area contributed by atoms with Crippen molar-refractivity contribution in [3.63, 3.8) is 0 Å². The normalized spacial score (nSPS) is 11.5. The molecular weight excluding hydrogens is 369 g/mol. The zero-order chi connectivity index (χ0) is 15.6. The van der Waals surface area contributed by atoms with Crippen molar-refractivity contribution in [2.75, 3.05) is 0 Å². The predicted octanol–water partition coefficient (Wildman–Crippen LogP) is 5.55. The zero-order valence-corrected chi connectivity index (χ0v) is 12.9. The average Bonchev–Trinajstić information content (AvgIpc) is 2.37. The number of halogens is 5. The highest BCUT2D eigenvalue weighted by Crippen LogP contribution is 2.32. The zero-order valence-electron chi connectivity index (χ0n) is 10.5. The smallest absolute Gasteiger partial charge is 0.294 e. The van der Waals surface area contributed by atoms with Crippen LogP contribution in [0.3, 0.4) is 0 Å². The number of hydrogen-bond donors (Lipinski definition) is 0. The Hall–Kier alpha value is -1.33. The second-order valence-corrected chi connectivity index (χ2v) is 5.71. The fraction of sp³-hybridized carbons (Fsp3) is 0.133. The van der Waals surface area contributed by atoms with Gasteiger partial charge in [0.05, 0.1) is 5.56 Å². The van der Waals surface area contributed by atoms with E-state index >= 15 is 0 Å². The van der Waals surface area contributed by atoms with Crippen LogP contribution in [-0.2, 0) is 12.6 Å². The number of hydrogen-bond acceptors (Lipinski definition) is 1. The number of carbonyl (C=O) groups is 1. The number of benzene rings is 2. The SMILES string of the molecule is O=C(Cc1cccc(Cl)c1)c1cc(C(F)(F)F)ccc1Br. The topological polar surface area (TPSA) is 17.1 Å². The van der Waals surface area contributed by atoms with E-state index in [4.69, 9.17) is 11.6 Å². The fourth-order valence-corrected chi connectivity index (χ4v) is 2.52. The lowest BCUT2D eigenvalue weighted by Gasteiger charge is -2.10. The van der Waals surface area contributed by atoms with Crippen LogP contribution in [0.5, 0.6) is 0 Å². The highest BCUT2D eigenvalue weighted by atomic mass is 79.9. The molecule has 0 heterocycles. The van der Waals surface area contributed by atoms with Gasteiger partial charge in [-0.05, 0) is 35.9 Å². The van der Waals surface area contributed by atoms with Gasteiger partial charge in [0.1, 0.15) is 0 Å². The molecule has 0 aromatic heterocycles. The van der Waals surface area contributed by atoms with E-state index in [1.165, 1.54) is 6.07 Å². The van der Waals surface area contributed by atoms with E-state index in [1.807, 2.05) is 0 Å². The molecule has 0 aliphatic rings. The standard InChI is InChI=1S/C15H9BrClF3O/c16-13-5-4-10(15(18,19)20)8-12(13)14(21)7-9-2-1-3-11(17)6-9/h1-6,8H,7H2. The maximum atomic E-state index is 12.7. The summed E-state index contributed by atoms with van der Waals surface area (Å²) in [7, 11) is 0. The van der Waals surface area contributed by atoms with E-state index in [0.717, 1.165) is 12.1 Å². The summed E-state index contributed by atoms with van der Waals surface area (Å²) in [5.74, 6) is -0.407. The van der Waals surface area contributed by atoms with Gasteiger partial charge < -0.3 is 0 Å². The lowest BCUT2D eigenvalue weighted by molar-refractivity contribution is -0.137. The number of rotatable bonds is 3. The molecule has 2 aromatic carbocycles. The Morgan fingerprint density at radius 2 is 1.86 bits per heavy atom. The molecule has 21 heavy (non-hydrogen) atoms. The Morgan fingerprint density at radius 1 is 1.14 bits per heavy atom. The summed E-state index contributed by atoms with van der Waals surface area (Å²) in [4.78, 5) is 12.2. The summed E-state index contributed by atoms with van der Waals surface area (Å²) in [6.07, 6.45) is -4.49. The number of Topliss-reactive ketones (excluding diaryl/α,β-unsaturated/α-hetero) is 1. The Balaban J connectivity index is 2.31. The molecular formula is C15H9BrClF3O. The molecule has 0 spiro atoms. The molecule has 0 atom stereocenters. The van der Waals surface area contributed by atoms with Crippen LogP contribution >= 0.6 is 27.5 Å². The summed E-state index contributed by atoms with van der Waals surface area (Å²) >= 11 is 8.93. The first kappa shape index (κ1) is 16.0. The molecule has 0 N–H and O–H groups in total. The van der Waals surface area contributed by atoms with E-state index in [0.29, 0.717) is 15.1 Å². The first-order valence-electron chi connectivity index (χ1n) is 5.92. The monoisotopic (exact) mass is 376 g/mol. The van der Waals surface area contributed by atoms with E-state index in [9.17, 15) is 18.0 Å². The third-order valence-corrected chi connectivity index (χ3v) is 3.77. The summed E-state index contributed by atoms with van der Waals surface area (Å²) in [5.41, 5.74) is -0.193. The van der Waals surface area contributed by atoms with Crippen molar-refractivity contribution in [3.8, 4) is 0 Å². The van der Waals surface area contributed by atoms with Gasteiger partial charge in [-0.15, -0.1) is 0 Å². The lowest BCUT2D eigenvalue weighted by atomic mass is 10.0. The summed E-state index contributed by atoms with van der Waals surface area (Å²) in [5, 5.41) is 0.475. The van der Waals surface area contributed by atoms with Gasteiger partial charge in [-0.2, -0.15) is 13.2 Å². The average molecular weight is 378 g/mol. The molecule has 0 bridgehead atoms. The van der Waals surface area contributed by atoms with Crippen molar-refractivity contribution in [3.05, 3.63) is 68.7 Å². The molecule has 2 rings (SSSR count). The molecule has 0 unspecified atom stereocenters. The van der Waals surface area contributed by atoms with Gasteiger partial charge in [-0.1, -0.05) is 39.7 Å². The molecule has 0 saturated carbocycles. The van der Waals surface area contributed by atoms with Crippen LogP contribution in [0, 0.1) is 0 Å². The first-order chi connectivity index (χ1) is 9.77. The molecule has 0 radical (unpaired) electrons. The van der Waals surface area contributed by atoms with Crippen LogP contribution in [0.4, 0.5) is 13.2 Å². The van der Waals surface area contributed by atoms with Gasteiger partial charge in [0, 0.05) is 21.5 Å². The molecule has 1 nitrogen and oxygen atoms in total. The van der Waals surface area contributed by atoms with Crippen molar-refractivity contribution in [1.82, 2.24) is 0 Å². The van der Waals surface area contributed by atoms with Crippen molar-refractivity contribution in [2.24, 2.45) is 0 Å². The maximum Gasteiger partial charge on any atom is 0.416 e. The van der Waals surface area contributed by atoms with E-state index in [2.05, 4.69) is 15.9 Å². The van der Waals surface area contributed by atoms with Crippen LogP contribution < -0.4 is 0 Å². The van der Waals surface area contributed by atoms with Crippen molar-refractivity contribution < 1.29 is 18.0 Å². The largest absolute Gasteiger partial charge is 0.416 e. The van der Waals surface area contributed by atoms with Crippen LogP contribution in [0.1, 0.15) is 21.5 Å². The Labute approximate surface area is 132 Å². The third kappa shape index (κ3) is 4.08. The van der Waals surface area contributed by atoms with Gasteiger partial charge in [0.2, 0.25) is 0 Å². The van der Waals surface area contributed by atoms with Gasteiger partial charge >= 0.3 is 6.18 Å².